The topological polar surface area (TPSA) is 43.8 Å². The molecule has 19 heavy (non-hydrogen) atoms. The van der Waals surface area contributed by atoms with E-state index in [0.717, 1.165) is 12.8 Å². The highest BCUT2D eigenvalue weighted by atomic mass is 15.2. The maximum Gasteiger partial charge on any atom is 0.0521 e. The van der Waals surface area contributed by atoms with Gasteiger partial charge >= 0.3 is 0 Å². The third-order valence-corrected chi connectivity index (χ3v) is 3.95. The predicted molar refractivity (Wildman–Crippen MR) is 79.0 cm³/mol. The van der Waals surface area contributed by atoms with Crippen LogP contribution in [0.1, 0.15) is 31.4 Å². The van der Waals surface area contributed by atoms with Gasteiger partial charge in [0.2, 0.25) is 0 Å². The molecular formula is C16H23N3. The highest BCUT2D eigenvalue weighted by molar-refractivity contribution is 5.25. The van der Waals surface area contributed by atoms with Crippen LogP contribution in [0.25, 0.3) is 0 Å². The van der Waals surface area contributed by atoms with Crippen molar-refractivity contribution in [2.24, 2.45) is 12.8 Å². The van der Waals surface area contributed by atoms with Gasteiger partial charge in [-0.25, -0.2) is 0 Å². The van der Waals surface area contributed by atoms with Crippen molar-refractivity contribution in [1.29, 1.82) is 0 Å². The maximum absolute atomic E-state index is 6.41. The van der Waals surface area contributed by atoms with Gasteiger partial charge in [-0.15, -0.1) is 0 Å². The lowest BCUT2D eigenvalue weighted by Crippen LogP contribution is -2.41. The van der Waals surface area contributed by atoms with E-state index < -0.39 is 0 Å². The minimum atomic E-state index is -0.0104. The van der Waals surface area contributed by atoms with E-state index in [1.807, 2.05) is 24.0 Å². The highest BCUT2D eigenvalue weighted by Crippen LogP contribution is 2.28. The van der Waals surface area contributed by atoms with Crippen molar-refractivity contribution in [3.63, 3.8) is 0 Å². The zero-order valence-electron chi connectivity index (χ0n) is 12.0. The SMILES string of the molecule is Cn1cc(CCC(N)C(C)(C)c2ccccc2)cn1. The van der Waals surface area contributed by atoms with Crippen LogP contribution in [-0.4, -0.2) is 15.8 Å². The summed E-state index contributed by atoms with van der Waals surface area (Å²) in [6, 6.07) is 10.6. The van der Waals surface area contributed by atoms with E-state index in [-0.39, 0.29) is 11.5 Å². The summed E-state index contributed by atoms with van der Waals surface area (Å²) < 4.78 is 1.84. The highest BCUT2D eigenvalue weighted by Gasteiger charge is 2.27. The monoisotopic (exact) mass is 257 g/mol. The second-order valence-corrected chi connectivity index (χ2v) is 5.76. The van der Waals surface area contributed by atoms with Crippen LogP contribution < -0.4 is 5.73 Å². The lowest BCUT2D eigenvalue weighted by atomic mass is 9.76. The lowest BCUT2D eigenvalue weighted by molar-refractivity contribution is 0.388. The molecule has 0 aliphatic rings. The van der Waals surface area contributed by atoms with E-state index in [4.69, 9.17) is 5.73 Å². The molecule has 0 radical (unpaired) electrons. The molecule has 1 heterocycles. The van der Waals surface area contributed by atoms with Gasteiger partial charge in [0.25, 0.3) is 0 Å². The lowest BCUT2D eigenvalue weighted by Gasteiger charge is -2.32. The number of aromatic nitrogens is 2. The molecule has 1 aromatic carbocycles. The van der Waals surface area contributed by atoms with Crippen molar-refractivity contribution < 1.29 is 0 Å². The van der Waals surface area contributed by atoms with Gasteiger partial charge in [0.15, 0.2) is 0 Å². The minimum absolute atomic E-state index is 0.0104. The molecule has 2 N–H and O–H groups in total. The van der Waals surface area contributed by atoms with E-state index in [1.165, 1.54) is 11.1 Å². The van der Waals surface area contributed by atoms with Crippen LogP contribution in [0.3, 0.4) is 0 Å². The zero-order chi connectivity index (χ0) is 13.9. The van der Waals surface area contributed by atoms with Crippen LogP contribution in [0, 0.1) is 0 Å². The third-order valence-electron chi connectivity index (χ3n) is 3.95. The first kappa shape index (κ1) is 13.8. The largest absolute Gasteiger partial charge is 0.327 e. The quantitative estimate of drug-likeness (QED) is 0.895. The van der Waals surface area contributed by atoms with Gasteiger partial charge in [-0.05, 0) is 24.0 Å². The van der Waals surface area contributed by atoms with Crippen LogP contribution in [0.4, 0.5) is 0 Å². The number of nitrogens with two attached hydrogens (primary N) is 1. The van der Waals surface area contributed by atoms with Crippen LogP contribution in [0.15, 0.2) is 42.7 Å². The molecule has 0 fully saturated rings. The zero-order valence-corrected chi connectivity index (χ0v) is 12.0. The summed E-state index contributed by atoms with van der Waals surface area (Å²) in [5.74, 6) is 0. The second-order valence-electron chi connectivity index (χ2n) is 5.76. The summed E-state index contributed by atoms with van der Waals surface area (Å²) >= 11 is 0. The molecular weight excluding hydrogens is 234 g/mol. The summed E-state index contributed by atoms with van der Waals surface area (Å²) in [7, 11) is 1.94. The average molecular weight is 257 g/mol. The van der Waals surface area contributed by atoms with Crippen LogP contribution in [0.5, 0.6) is 0 Å². The molecule has 102 valence electrons. The summed E-state index contributed by atoms with van der Waals surface area (Å²) in [6.07, 6.45) is 5.92. The normalized spacial score (nSPS) is 13.5. The fourth-order valence-electron chi connectivity index (χ4n) is 2.37. The Hall–Kier alpha value is -1.61. The van der Waals surface area contributed by atoms with Gasteiger partial charge in [-0.3, -0.25) is 4.68 Å². The van der Waals surface area contributed by atoms with E-state index in [9.17, 15) is 0 Å². The van der Waals surface area contributed by atoms with Crippen molar-refractivity contribution in [1.82, 2.24) is 9.78 Å². The first-order valence-corrected chi connectivity index (χ1v) is 6.79. The second kappa shape index (κ2) is 5.57. The van der Waals surface area contributed by atoms with Gasteiger partial charge in [0.05, 0.1) is 6.20 Å². The van der Waals surface area contributed by atoms with Crippen molar-refractivity contribution in [3.8, 4) is 0 Å². The molecule has 1 unspecified atom stereocenters. The average Bonchev–Trinajstić information content (AvgIpc) is 2.82. The molecule has 0 bridgehead atoms. The summed E-state index contributed by atoms with van der Waals surface area (Å²) in [4.78, 5) is 0. The molecule has 1 aromatic heterocycles. The van der Waals surface area contributed by atoms with Crippen molar-refractivity contribution >= 4 is 0 Å². The number of hydrogen-bond acceptors (Lipinski definition) is 2. The molecule has 0 aliphatic heterocycles. The number of aryl methyl sites for hydroxylation is 2. The summed E-state index contributed by atoms with van der Waals surface area (Å²) in [6.45, 7) is 4.44. The number of nitrogens with zero attached hydrogens (tertiary/aromatic N) is 2. The van der Waals surface area contributed by atoms with Gasteiger partial charge < -0.3 is 5.73 Å². The molecule has 3 heteroatoms. The molecule has 2 aromatic rings. The molecule has 3 nitrogen and oxygen atoms in total. The standard InChI is InChI=1S/C16H23N3/c1-16(2,14-7-5-4-6-8-14)15(17)10-9-13-11-18-19(3)12-13/h4-8,11-12,15H,9-10,17H2,1-3H3. The minimum Gasteiger partial charge on any atom is -0.327 e. The van der Waals surface area contributed by atoms with E-state index in [0.29, 0.717) is 0 Å². The number of hydrogen-bond donors (Lipinski definition) is 1. The molecule has 0 saturated carbocycles. The maximum atomic E-state index is 6.41. The molecule has 2 rings (SSSR count). The molecule has 0 amide bonds. The van der Waals surface area contributed by atoms with E-state index in [1.54, 1.807) is 0 Å². The third kappa shape index (κ3) is 3.24. The van der Waals surface area contributed by atoms with Crippen molar-refractivity contribution in [2.75, 3.05) is 0 Å². The Morgan fingerprint density at radius 2 is 1.95 bits per heavy atom. The fourth-order valence-corrected chi connectivity index (χ4v) is 2.37. The Kier molecular flexibility index (Phi) is 4.05. The molecule has 1 atom stereocenters. The number of benzene rings is 1. The molecule has 0 aliphatic carbocycles. The Labute approximate surface area is 115 Å². The van der Waals surface area contributed by atoms with Gasteiger partial charge in [-0.2, -0.15) is 5.10 Å². The smallest absolute Gasteiger partial charge is 0.0521 e. The Morgan fingerprint density at radius 1 is 1.26 bits per heavy atom. The molecule has 0 spiro atoms. The van der Waals surface area contributed by atoms with Crippen LogP contribution in [0.2, 0.25) is 0 Å². The first-order chi connectivity index (χ1) is 9.00. The Morgan fingerprint density at radius 3 is 2.53 bits per heavy atom. The van der Waals surface area contributed by atoms with Crippen molar-refractivity contribution in [3.05, 3.63) is 53.9 Å². The van der Waals surface area contributed by atoms with Gasteiger partial charge in [0.1, 0.15) is 0 Å². The first-order valence-electron chi connectivity index (χ1n) is 6.79. The van der Waals surface area contributed by atoms with Gasteiger partial charge in [-0.1, -0.05) is 44.2 Å². The Balaban J connectivity index is 2.01. The predicted octanol–water partition coefficient (Wildman–Crippen LogP) is 2.66. The fraction of sp³-hybridized carbons (Fsp3) is 0.438. The van der Waals surface area contributed by atoms with E-state index >= 15 is 0 Å². The van der Waals surface area contributed by atoms with Crippen molar-refractivity contribution in [2.45, 2.75) is 38.1 Å². The summed E-state index contributed by atoms with van der Waals surface area (Å²) in [5.41, 5.74) is 8.95. The van der Waals surface area contributed by atoms with Crippen LogP contribution in [-0.2, 0) is 18.9 Å². The van der Waals surface area contributed by atoms with E-state index in [2.05, 4.69) is 49.4 Å². The van der Waals surface area contributed by atoms with Crippen LogP contribution >= 0.6 is 0 Å². The molecule has 0 saturated heterocycles. The summed E-state index contributed by atoms with van der Waals surface area (Å²) in [5, 5.41) is 4.19. The van der Waals surface area contributed by atoms with Gasteiger partial charge in [0, 0.05) is 24.7 Å². The number of rotatable bonds is 5. The Bertz CT molecular complexity index is 514.